The molecule has 2 atom stereocenters. The number of allylic oxidation sites excluding steroid dienone is 2. The van der Waals surface area contributed by atoms with Crippen LogP contribution in [0.2, 0.25) is 0 Å². The molecule has 0 saturated carbocycles. The maximum absolute atomic E-state index is 4.96. The van der Waals surface area contributed by atoms with Gasteiger partial charge in [0.2, 0.25) is 0 Å². The van der Waals surface area contributed by atoms with E-state index in [0.717, 1.165) is 63.3 Å². The van der Waals surface area contributed by atoms with Gasteiger partial charge in [-0.25, -0.2) is 0 Å². The van der Waals surface area contributed by atoms with Crippen LogP contribution >= 0.6 is 0 Å². The van der Waals surface area contributed by atoms with Crippen molar-refractivity contribution in [1.29, 1.82) is 0 Å². The zero-order valence-corrected chi connectivity index (χ0v) is 19.0. The van der Waals surface area contributed by atoms with Crippen molar-refractivity contribution in [2.45, 2.75) is 66.5 Å². The molecule has 0 saturated heterocycles. The molecule has 0 radical (unpaired) electrons. The van der Waals surface area contributed by atoms with Crippen LogP contribution in [0, 0.1) is 11.3 Å². The molecule has 0 fully saturated rings. The van der Waals surface area contributed by atoms with E-state index in [9.17, 15) is 0 Å². The molecule has 0 aromatic carbocycles. The Bertz CT molecular complexity index is 933. The van der Waals surface area contributed by atoms with Crippen LogP contribution in [0.5, 0.6) is 0 Å². The van der Waals surface area contributed by atoms with Crippen LogP contribution in [-0.2, 0) is 25.9 Å². The SMILES string of the molecule is C.CCC1CCc2cccc(n2)CNCC2=CC=CC(C)(CNCc3cccc(n3)C1)C2. The summed E-state index contributed by atoms with van der Waals surface area (Å²) in [5, 5.41) is 7.27. The van der Waals surface area contributed by atoms with E-state index in [1.165, 1.54) is 23.4 Å². The van der Waals surface area contributed by atoms with E-state index in [1.807, 2.05) is 0 Å². The van der Waals surface area contributed by atoms with Gasteiger partial charge in [-0.1, -0.05) is 63.6 Å². The Morgan fingerprint density at radius 2 is 1.62 bits per heavy atom. The number of aromatic nitrogens is 2. The van der Waals surface area contributed by atoms with Gasteiger partial charge < -0.3 is 10.6 Å². The second-order valence-electron chi connectivity index (χ2n) is 9.48. The molecule has 32 heavy (non-hydrogen) atoms. The van der Waals surface area contributed by atoms with E-state index in [1.54, 1.807) is 0 Å². The fourth-order valence-electron chi connectivity index (χ4n) is 4.73. The summed E-state index contributed by atoms with van der Waals surface area (Å²) in [6.45, 7) is 8.13. The largest absolute Gasteiger partial charge is 0.310 e. The number of fused-ring (bicyclic) bond motifs is 6. The first-order chi connectivity index (χ1) is 15.1. The first-order valence-corrected chi connectivity index (χ1v) is 11.8. The number of nitrogens with one attached hydrogen (secondary N) is 2. The predicted octanol–water partition coefficient (Wildman–Crippen LogP) is 5.40. The topological polar surface area (TPSA) is 49.8 Å². The highest BCUT2D eigenvalue weighted by Gasteiger charge is 2.24. The molecule has 6 bridgehead atoms. The van der Waals surface area contributed by atoms with Gasteiger partial charge in [0.1, 0.15) is 0 Å². The van der Waals surface area contributed by atoms with E-state index in [-0.39, 0.29) is 12.8 Å². The third-order valence-corrected chi connectivity index (χ3v) is 6.57. The number of hydrogen-bond acceptors (Lipinski definition) is 4. The molecule has 4 nitrogen and oxygen atoms in total. The van der Waals surface area contributed by atoms with E-state index in [2.05, 4.69) is 79.1 Å². The maximum atomic E-state index is 4.96. The molecule has 2 aliphatic rings. The molecule has 4 rings (SSSR count). The van der Waals surface area contributed by atoms with Gasteiger partial charge in [0.25, 0.3) is 0 Å². The van der Waals surface area contributed by atoms with Crippen molar-refractivity contribution < 1.29 is 0 Å². The Balaban J connectivity index is 0.00000289. The zero-order chi connectivity index (χ0) is 21.5. The molecule has 4 heteroatoms. The van der Waals surface area contributed by atoms with E-state index in [0.29, 0.717) is 5.92 Å². The summed E-state index contributed by atoms with van der Waals surface area (Å²) in [5.74, 6) is 0.636. The molecule has 2 unspecified atom stereocenters. The van der Waals surface area contributed by atoms with Crippen molar-refractivity contribution >= 4 is 0 Å². The normalized spacial score (nSPS) is 24.3. The summed E-state index contributed by atoms with van der Waals surface area (Å²) >= 11 is 0. The lowest BCUT2D eigenvalue weighted by Gasteiger charge is -2.30. The molecular formula is C28H40N4. The fraction of sp³-hybridized carbons (Fsp3) is 0.500. The van der Waals surface area contributed by atoms with Crippen LogP contribution in [0.25, 0.3) is 0 Å². The number of hydrogen-bond donors (Lipinski definition) is 2. The highest BCUT2D eigenvalue weighted by atomic mass is 14.9. The molecule has 2 aromatic rings. The minimum absolute atomic E-state index is 0. The van der Waals surface area contributed by atoms with Crippen LogP contribution in [0.1, 0.15) is 63.3 Å². The minimum Gasteiger partial charge on any atom is -0.310 e. The van der Waals surface area contributed by atoms with Crippen molar-refractivity contribution in [3.8, 4) is 0 Å². The molecule has 0 spiro atoms. The van der Waals surface area contributed by atoms with E-state index < -0.39 is 0 Å². The van der Waals surface area contributed by atoms with Crippen LogP contribution in [0.3, 0.4) is 0 Å². The highest BCUT2D eigenvalue weighted by Crippen LogP contribution is 2.30. The van der Waals surface area contributed by atoms with Gasteiger partial charge in [0.15, 0.2) is 0 Å². The molecule has 1 aliphatic heterocycles. The number of rotatable bonds is 1. The number of aryl methyl sites for hydroxylation is 1. The average molecular weight is 433 g/mol. The smallest absolute Gasteiger partial charge is 0.0545 e. The molecule has 0 amide bonds. The quantitative estimate of drug-likeness (QED) is 0.633. The Hall–Kier alpha value is -2.30. The van der Waals surface area contributed by atoms with Gasteiger partial charge in [0, 0.05) is 43.0 Å². The van der Waals surface area contributed by atoms with Gasteiger partial charge >= 0.3 is 0 Å². The standard InChI is InChI=1S/C27H36N4.CH4/c1-3-21-12-13-23-8-4-10-25(30-23)18-28-17-22-7-6-14-27(2,16-22)20-29-19-26-11-5-9-24(15-21)31-26;/h4-11,14,21,28-29H,3,12-13,15-20H2,1-2H3;1H4. The molecule has 2 N–H and O–H groups in total. The van der Waals surface area contributed by atoms with Gasteiger partial charge in [-0.3, -0.25) is 9.97 Å². The minimum atomic E-state index is 0. The summed E-state index contributed by atoms with van der Waals surface area (Å²) in [7, 11) is 0. The monoisotopic (exact) mass is 432 g/mol. The van der Waals surface area contributed by atoms with E-state index >= 15 is 0 Å². The highest BCUT2D eigenvalue weighted by molar-refractivity contribution is 5.25. The summed E-state index contributed by atoms with van der Waals surface area (Å²) in [4.78, 5) is 9.87. The lowest BCUT2D eigenvalue weighted by Crippen LogP contribution is -2.33. The Morgan fingerprint density at radius 3 is 2.41 bits per heavy atom. The third kappa shape index (κ3) is 6.85. The Kier molecular flexibility index (Phi) is 8.77. The van der Waals surface area contributed by atoms with Gasteiger partial charge in [-0.2, -0.15) is 0 Å². The van der Waals surface area contributed by atoms with Crippen LogP contribution in [0.15, 0.2) is 60.2 Å². The van der Waals surface area contributed by atoms with Crippen molar-refractivity contribution in [3.63, 3.8) is 0 Å². The van der Waals surface area contributed by atoms with Crippen molar-refractivity contribution in [2.24, 2.45) is 11.3 Å². The zero-order valence-electron chi connectivity index (χ0n) is 19.0. The number of nitrogens with zero attached hydrogens (tertiary/aromatic N) is 2. The van der Waals surface area contributed by atoms with Gasteiger partial charge in [-0.05, 0) is 55.9 Å². The first kappa shape index (κ1) is 24.3. The Morgan fingerprint density at radius 1 is 0.938 bits per heavy atom. The maximum Gasteiger partial charge on any atom is 0.0545 e. The Labute approximate surface area is 194 Å². The molecule has 3 heterocycles. The first-order valence-electron chi connectivity index (χ1n) is 11.8. The molecular weight excluding hydrogens is 392 g/mol. The van der Waals surface area contributed by atoms with Crippen LogP contribution in [-0.4, -0.2) is 23.1 Å². The summed E-state index contributed by atoms with van der Waals surface area (Å²) < 4.78 is 0. The lowest BCUT2D eigenvalue weighted by atomic mass is 9.80. The number of pyridine rings is 2. The van der Waals surface area contributed by atoms with E-state index in [4.69, 9.17) is 9.97 Å². The van der Waals surface area contributed by atoms with Crippen LogP contribution < -0.4 is 10.6 Å². The summed E-state index contributed by atoms with van der Waals surface area (Å²) in [6.07, 6.45) is 12.3. The molecule has 1 aliphatic carbocycles. The molecule has 172 valence electrons. The van der Waals surface area contributed by atoms with Crippen molar-refractivity contribution in [1.82, 2.24) is 20.6 Å². The fourth-order valence-corrected chi connectivity index (χ4v) is 4.73. The average Bonchev–Trinajstić information content (AvgIpc) is 2.77. The second kappa shape index (κ2) is 11.5. The third-order valence-electron chi connectivity index (χ3n) is 6.57. The summed E-state index contributed by atoms with van der Waals surface area (Å²) in [5.41, 5.74) is 6.27. The van der Waals surface area contributed by atoms with Crippen LogP contribution in [0.4, 0.5) is 0 Å². The van der Waals surface area contributed by atoms with Crippen molar-refractivity contribution in [3.05, 3.63) is 83.0 Å². The lowest BCUT2D eigenvalue weighted by molar-refractivity contribution is 0.379. The van der Waals surface area contributed by atoms with Gasteiger partial charge in [0.05, 0.1) is 11.4 Å². The van der Waals surface area contributed by atoms with Gasteiger partial charge in [-0.15, -0.1) is 0 Å². The van der Waals surface area contributed by atoms with Crippen molar-refractivity contribution in [2.75, 3.05) is 13.1 Å². The second-order valence-corrected chi connectivity index (χ2v) is 9.48. The predicted molar refractivity (Wildman–Crippen MR) is 134 cm³/mol. The molecule has 2 aromatic heterocycles. The summed E-state index contributed by atoms with van der Waals surface area (Å²) in [6, 6.07) is 12.9.